The van der Waals surface area contributed by atoms with E-state index in [4.69, 9.17) is 0 Å². The fraction of sp³-hybridized carbons (Fsp3) is 0.333. The first-order valence-corrected chi connectivity index (χ1v) is 10.4. The molecule has 2 aromatic rings. The van der Waals surface area contributed by atoms with Crippen LogP contribution in [0, 0.1) is 11.6 Å². The summed E-state index contributed by atoms with van der Waals surface area (Å²) < 4.78 is 53.2. The Labute approximate surface area is 142 Å². The number of nitrogens with zero attached hydrogens (tertiary/aromatic N) is 1. The normalized spacial score (nSPS) is 20.3. The van der Waals surface area contributed by atoms with Crippen LogP contribution in [0.4, 0.5) is 8.78 Å². The number of benzene rings is 1. The molecule has 1 atom stereocenters. The molecule has 0 saturated carbocycles. The van der Waals surface area contributed by atoms with Gasteiger partial charge in [0.25, 0.3) is 0 Å². The summed E-state index contributed by atoms with van der Waals surface area (Å²) in [5.74, 6) is -1.12. The van der Waals surface area contributed by atoms with Gasteiger partial charge in [0.15, 0.2) is 0 Å². The second-order valence-corrected chi connectivity index (χ2v) is 9.40. The van der Waals surface area contributed by atoms with Gasteiger partial charge >= 0.3 is 0 Å². The molecule has 1 saturated heterocycles. The largest absolute Gasteiger partial charge is 0.243 e. The van der Waals surface area contributed by atoms with Gasteiger partial charge in [-0.1, -0.05) is 6.07 Å². The smallest absolute Gasteiger partial charge is 0.207 e. The fourth-order valence-electron chi connectivity index (χ4n) is 2.52. The molecule has 0 amide bonds. The first-order chi connectivity index (χ1) is 11.0. The Kier molecular flexibility index (Phi) is 5.05. The second-order valence-electron chi connectivity index (χ2n) is 5.17. The third kappa shape index (κ3) is 3.76. The van der Waals surface area contributed by atoms with E-state index in [1.165, 1.54) is 9.18 Å². The van der Waals surface area contributed by atoms with E-state index in [1.807, 2.05) is 11.4 Å². The van der Waals surface area contributed by atoms with Crippen LogP contribution in [0.25, 0.3) is 0 Å². The van der Waals surface area contributed by atoms with E-state index >= 15 is 0 Å². The molecule has 1 aromatic heterocycles. The van der Waals surface area contributed by atoms with Crippen molar-refractivity contribution in [2.45, 2.75) is 16.6 Å². The molecule has 2 heterocycles. The Hall–Kier alpha value is -0.960. The second kappa shape index (κ2) is 6.88. The summed E-state index contributed by atoms with van der Waals surface area (Å²) in [7, 11) is -3.88. The maximum absolute atomic E-state index is 13.3. The summed E-state index contributed by atoms with van der Waals surface area (Å²) in [6.45, 7) is 0.684. The zero-order chi connectivity index (χ0) is 16.4. The Morgan fingerprint density at radius 3 is 2.52 bits per heavy atom. The molecule has 0 spiro atoms. The van der Waals surface area contributed by atoms with Gasteiger partial charge in [-0.15, -0.1) is 11.3 Å². The zero-order valence-corrected chi connectivity index (χ0v) is 14.6. The SMILES string of the molecule is O=S(=O)(c1cc(F)cc(F)c1)N1CCSC(c2cccs2)CC1. The highest BCUT2D eigenvalue weighted by Crippen LogP contribution is 2.37. The molecule has 23 heavy (non-hydrogen) atoms. The lowest BCUT2D eigenvalue weighted by Crippen LogP contribution is -2.33. The monoisotopic (exact) mass is 375 g/mol. The van der Waals surface area contributed by atoms with Crippen molar-refractivity contribution in [2.24, 2.45) is 0 Å². The molecule has 1 unspecified atom stereocenters. The molecular weight excluding hydrogens is 360 g/mol. The van der Waals surface area contributed by atoms with E-state index in [0.29, 0.717) is 31.3 Å². The summed E-state index contributed by atoms with van der Waals surface area (Å²) in [4.78, 5) is 0.903. The third-order valence-corrected chi connectivity index (χ3v) is 7.96. The predicted octanol–water partition coefficient (Wildman–Crippen LogP) is 3.90. The Morgan fingerprint density at radius 2 is 1.87 bits per heavy atom. The molecule has 1 fully saturated rings. The summed E-state index contributed by atoms with van der Waals surface area (Å²) in [5, 5.41) is 2.27. The van der Waals surface area contributed by atoms with E-state index in [1.54, 1.807) is 23.1 Å². The van der Waals surface area contributed by atoms with Gasteiger partial charge < -0.3 is 0 Å². The summed E-state index contributed by atoms with van der Waals surface area (Å²) >= 11 is 3.38. The molecule has 1 aliphatic heterocycles. The average Bonchev–Trinajstić information content (AvgIpc) is 2.90. The molecular formula is C15H15F2NO2S3. The molecule has 0 radical (unpaired) electrons. The van der Waals surface area contributed by atoms with Gasteiger partial charge in [-0.2, -0.15) is 16.1 Å². The zero-order valence-electron chi connectivity index (χ0n) is 12.1. The van der Waals surface area contributed by atoms with Crippen LogP contribution in [-0.2, 0) is 10.0 Å². The maximum Gasteiger partial charge on any atom is 0.243 e. The molecule has 1 aromatic carbocycles. The molecule has 0 bridgehead atoms. The van der Waals surface area contributed by atoms with Gasteiger partial charge in [0.1, 0.15) is 11.6 Å². The molecule has 0 aliphatic carbocycles. The van der Waals surface area contributed by atoms with Gasteiger partial charge in [-0.25, -0.2) is 17.2 Å². The maximum atomic E-state index is 13.3. The van der Waals surface area contributed by atoms with E-state index in [0.717, 1.165) is 12.1 Å². The molecule has 0 N–H and O–H groups in total. The number of hydrogen-bond donors (Lipinski definition) is 0. The predicted molar refractivity (Wildman–Crippen MR) is 89.3 cm³/mol. The highest BCUT2D eigenvalue weighted by Gasteiger charge is 2.29. The van der Waals surface area contributed by atoms with Crippen LogP contribution in [0.15, 0.2) is 40.6 Å². The minimum atomic E-state index is -3.88. The molecule has 3 nitrogen and oxygen atoms in total. The number of thioether (sulfide) groups is 1. The van der Waals surface area contributed by atoms with Crippen LogP contribution in [0.3, 0.4) is 0 Å². The van der Waals surface area contributed by atoms with Gasteiger partial charge in [-0.05, 0) is 30.0 Å². The highest BCUT2D eigenvalue weighted by atomic mass is 32.2. The number of sulfonamides is 1. The Balaban J connectivity index is 1.81. The first-order valence-electron chi connectivity index (χ1n) is 7.08. The van der Waals surface area contributed by atoms with E-state index in [-0.39, 0.29) is 10.1 Å². The minimum absolute atomic E-state index is 0.263. The fourth-order valence-corrected chi connectivity index (χ4v) is 6.37. The van der Waals surface area contributed by atoms with Crippen LogP contribution in [0.5, 0.6) is 0 Å². The quantitative estimate of drug-likeness (QED) is 0.817. The van der Waals surface area contributed by atoms with Gasteiger partial charge in [0.2, 0.25) is 10.0 Å². The van der Waals surface area contributed by atoms with Crippen LogP contribution >= 0.6 is 23.1 Å². The lowest BCUT2D eigenvalue weighted by atomic mass is 10.2. The van der Waals surface area contributed by atoms with Gasteiger partial charge in [-0.3, -0.25) is 0 Å². The molecule has 124 valence electrons. The van der Waals surface area contributed by atoms with E-state index < -0.39 is 21.7 Å². The highest BCUT2D eigenvalue weighted by molar-refractivity contribution is 7.99. The van der Waals surface area contributed by atoms with Crippen molar-refractivity contribution < 1.29 is 17.2 Å². The number of hydrogen-bond acceptors (Lipinski definition) is 4. The van der Waals surface area contributed by atoms with E-state index in [9.17, 15) is 17.2 Å². The lowest BCUT2D eigenvalue weighted by molar-refractivity contribution is 0.427. The van der Waals surface area contributed by atoms with Crippen LogP contribution in [0.1, 0.15) is 16.5 Å². The number of thiophene rings is 1. The van der Waals surface area contributed by atoms with Crippen LogP contribution in [-0.4, -0.2) is 31.6 Å². The van der Waals surface area contributed by atoms with Gasteiger partial charge in [0, 0.05) is 35.0 Å². The van der Waals surface area contributed by atoms with Crippen molar-refractivity contribution in [3.63, 3.8) is 0 Å². The van der Waals surface area contributed by atoms with Crippen molar-refractivity contribution in [3.8, 4) is 0 Å². The van der Waals surface area contributed by atoms with Crippen molar-refractivity contribution in [2.75, 3.05) is 18.8 Å². The molecule has 3 rings (SSSR count). The Morgan fingerprint density at radius 1 is 1.13 bits per heavy atom. The topological polar surface area (TPSA) is 37.4 Å². The number of rotatable bonds is 3. The van der Waals surface area contributed by atoms with E-state index in [2.05, 4.69) is 6.07 Å². The van der Waals surface area contributed by atoms with Gasteiger partial charge in [0.05, 0.1) is 4.90 Å². The Bertz CT molecular complexity index is 758. The lowest BCUT2D eigenvalue weighted by Gasteiger charge is -2.20. The summed E-state index contributed by atoms with van der Waals surface area (Å²) in [5.41, 5.74) is 0. The molecule has 8 heteroatoms. The molecule has 1 aliphatic rings. The summed E-state index contributed by atoms with van der Waals surface area (Å²) in [6.07, 6.45) is 0.683. The summed E-state index contributed by atoms with van der Waals surface area (Å²) in [6, 6.07) is 6.44. The van der Waals surface area contributed by atoms with Crippen molar-refractivity contribution >= 4 is 33.1 Å². The van der Waals surface area contributed by atoms with Crippen molar-refractivity contribution in [3.05, 3.63) is 52.2 Å². The third-order valence-electron chi connectivity index (χ3n) is 3.63. The average molecular weight is 375 g/mol. The standard InChI is InChI=1S/C15H15F2NO2S3/c16-11-8-12(17)10-13(9-11)23(19,20)18-4-3-15(22-7-5-18)14-2-1-6-21-14/h1-2,6,8-10,15H,3-5,7H2. The van der Waals surface area contributed by atoms with Crippen LogP contribution in [0.2, 0.25) is 0 Å². The first kappa shape index (κ1) is 16.9. The minimum Gasteiger partial charge on any atom is -0.207 e. The number of halogens is 2. The van der Waals surface area contributed by atoms with Crippen molar-refractivity contribution in [1.82, 2.24) is 4.31 Å². The van der Waals surface area contributed by atoms with Crippen molar-refractivity contribution in [1.29, 1.82) is 0 Å². The van der Waals surface area contributed by atoms with Crippen LogP contribution < -0.4 is 0 Å².